The van der Waals surface area contributed by atoms with Gasteiger partial charge in [-0.25, -0.2) is 4.79 Å². The normalized spacial score (nSPS) is 30.2. The van der Waals surface area contributed by atoms with Crippen molar-refractivity contribution in [2.75, 3.05) is 0 Å². The highest BCUT2D eigenvalue weighted by Gasteiger charge is 2.35. The third-order valence-electron chi connectivity index (χ3n) is 5.37. The number of hydrogen-bond donors (Lipinski definition) is 2. The zero-order valence-corrected chi connectivity index (χ0v) is 13.1. The molecule has 0 aromatic rings. The van der Waals surface area contributed by atoms with Crippen molar-refractivity contribution >= 4 is 11.9 Å². The molecule has 0 aromatic heterocycles. The van der Waals surface area contributed by atoms with E-state index in [1.807, 2.05) is 6.92 Å². The van der Waals surface area contributed by atoms with E-state index >= 15 is 0 Å². The Morgan fingerprint density at radius 2 is 1.86 bits per heavy atom. The van der Waals surface area contributed by atoms with Gasteiger partial charge in [0.1, 0.15) is 6.04 Å². The van der Waals surface area contributed by atoms with Crippen molar-refractivity contribution in [3.63, 3.8) is 0 Å². The molecule has 2 aliphatic rings. The minimum absolute atomic E-state index is 0.0254. The molecule has 0 heterocycles. The summed E-state index contributed by atoms with van der Waals surface area (Å²) in [5, 5.41) is 12.0. The maximum Gasteiger partial charge on any atom is 0.326 e. The first-order valence-corrected chi connectivity index (χ1v) is 8.65. The fourth-order valence-corrected chi connectivity index (χ4v) is 4.07. The number of carboxylic acids is 1. The summed E-state index contributed by atoms with van der Waals surface area (Å²) in [7, 11) is 0. The van der Waals surface area contributed by atoms with Crippen LogP contribution in [0, 0.1) is 17.8 Å². The van der Waals surface area contributed by atoms with Crippen molar-refractivity contribution in [1.29, 1.82) is 0 Å². The van der Waals surface area contributed by atoms with Crippen LogP contribution in [-0.4, -0.2) is 23.0 Å². The second-order valence-electron chi connectivity index (χ2n) is 6.86. The van der Waals surface area contributed by atoms with Crippen LogP contribution in [0.1, 0.15) is 71.1 Å². The third-order valence-corrected chi connectivity index (χ3v) is 5.37. The number of hydrogen-bond acceptors (Lipinski definition) is 2. The largest absolute Gasteiger partial charge is 0.480 e. The van der Waals surface area contributed by atoms with E-state index in [1.54, 1.807) is 0 Å². The minimum atomic E-state index is -0.900. The van der Waals surface area contributed by atoms with Crippen LogP contribution in [0.4, 0.5) is 0 Å². The second kappa shape index (κ2) is 7.81. The van der Waals surface area contributed by atoms with Gasteiger partial charge in [0.05, 0.1) is 0 Å². The van der Waals surface area contributed by atoms with Crippen molar-refractivity contribution < 1.29 is 14.7 Å². The maximum atomic E-state index is 12.4. The quantitative estimate of drug-likeness (QED) is 0.789. The lowest BCUT2D eigenvalue weighted by molar-refractivity contribution is -0.143. The standard InChI is InChI=1S/C17H29NO3/c1-2-3-8-15(17(20)21)18-16(19)14-10-9-12-6-4-5-7-13(12)11-14/h12-15H,2-11H2,1H3,(H,18,19)(H,20,21). The van der Waals surface area contributed by atoms with E-state index in [0.29, 0.717) is 12.3 Å². The molecule has 0 spiro atoms. The van der Waals surface area contributed by atoms with E-state index in [9.17, 15) is 14.7 Å². The fraction of sp³-hybridized carbons (Fsp3) is 0.882. The van der Waals surface area contributed by atoms with Crippen molar-refractivity contribution in [2.24, 2.45) is 17.8 Å². The molecule has 0 aromatic carbocycles. The predicted molar refractivity (Wildman–Crippen MR) is 81.9 cm³/mol. The van der Waals surface area contributed by atoms with Gasteiger partial charge in [-0.05, 0) is 37.5 Å². The van der Waals surface area contributed by atoms with Crippen LogP contribution in [0.5, 0.6) is 0 Å². The third kappa shape index (κ3) is 4.45. The van der Waals surface area contributed by atoms with E-state index in [2.05, 4.69) is 5.32 Å². The molecule has 0 aliphatic heterocycles. The Labute approximate surface area is 127 Å². The van der Waals surface area contributed by atoms with E-state index < -0.39 is 12.0 Å². The number of amides is 1. The number of nitrogens with one attached hydrogen (secondary N) is 1. The minimum Gasteiger partial charge on any atom is -0.480 e. The molecule has 2 fully saturated rings. The molecular weight excluding hydrogens is 266 g/mol. The summed E-state index contributed by atoms with van der Waals surface area (Å²) in [4.78, 5) is 23.6. The van der Waals surface area contributed by atoms with E-state index in [-0.39, 0.29) is 11.8 Å². The lowest BCUT2D eigenvalue weighted by atomic mass is 9.67. The Kier molecular flexibility index (Phi) is 6.07. The van der Waals surface area contributed by atoms with Gasteiger partial charge in [-0.3, -0.25) is 4.79 Å². The molecule has 4 nitrogen and oxygen atoms in total. The van der Waals surface area contributed by atoms with Gasteiger partial charge in [-0.1, -0.05) is 45.4 Å². The molecule has 0 saturated heterocycles. The highest BCUT2D eigenvalue weighted by atomic mass is 16.4. The van der Waals surface area contributed by atoms with Crippen LogP contribution < -0.4 is 5.32 Å². The van der Waals surface area contributed by atoms with Crippen molar-refractivity contribution in [1.82, 2.24) is 5.32 Å². The SMILES string of the molecule is CCCCC(NC(=O)C1CCC2CCCCC2C1)C(=O)O. The molecule has 21 heavy (non-hydrogen) atoms. The van der Waals surface area contributed by atoms with Gasteiger partial charge in [0, 0.05) is 5.92 Å². The summed E-state index contributed by atoms with van der Waals surface area (Å²) >= 11 is 0. The molecule has 2 saturated carbocycles. The maximum absolute atomic E-state index is 12.4. The molecule has 4 atom stereocenters. The van der Waals surface area contributed by atoms with Gasteiger partial charge in [0.2, 0.25) is 5.91 Å². The molecule has 4 heteroatoms. The average Bonchev–Trinajstić information content (AvgIpc) is 2.50. The Hall–Kier alpha value is -1.06. The molecule has 1 amide bonds. The number of carbonyl (C=O) groups is 2. The summed E-state index contributed by atoms with van der Waals surface area (Å²) in [6.45, 7) is 2.03. The lowest BCUT2D eigenvalue weighted by Gasteiger charge is -2.39. The van der Waals surface area contributed by atoms with E-state index in [4.69, 9.17) is 0 Å². The summed E-state index contributed by atoms with van der Waals surface area (Å²) in [5.74, 6) is 0.624. The summed E-state index contributed by atoms with van der Waals surface area (Å²) in [5.41, 5.74) is 0. The number of fused-ring (bicyclic) bond motifs is 1. The lowest BCUT2D eigenvalue weighted by Crippen LogP contribution is -2.45. The van der Waals surface area contributed by atoms with E-state index in [0.717, 1.165) is 38.0 Å². The summed E-state index contributed by atoms with van der Waals surface area (Å²) in [6.07, 6.45) is 10.6. The Morgan fingerprint density at radius 3 is 2.52 bits per heavy atom. The number of carbonyl (C=O) groups excluding carboxylic acids is 1. The predicted octanol–water partition coefficient (Wildman–Crippen LogP) is 3.35. The van der Waals surface area contributed by atoms with Crippen LogP contribution >= 0.6 is 0 Å². The highest BCUT2D eigenvalue weighted by molar-refractivity contribution is 5.85. The first-order chi connectivity index (χ1) is 10.1. The molecule has 2 aliphatic carbocycles. The second-order valence-corrected chi connectivity index (χ2v) is 6.86. The van der Waals surface area contributed by atoms with Gasteiger partial charge in [-0.15, -0.1) is 0 Å². The number of carboxylic acid groups (broad SMARTS) is 1. The zero-order valence-electron chi connectivity index (χ0n) is 13.1. The first-order valence-electron chi connectivity index (χ1n) is 8.65. The first kappa shape index (κ1) is 16.3. The van der Waals surface area contributed by atoms with Gasteiger partial charge < -0.3 is 10.4 Å². The van der Waals surface area contributed by atoms with Gasteiger partial charge >= 0.3 is 5.97 Å². The topological polar surface area (TPSA) is 66.4 Å². The van der Waals surface area contributed by atoms with Gasteiger partial charge in [-0.2, -0.15) is 0 Å². The van der Waals surface area contributed by atoms with Crippen molar-refractivity contribution in [2.45, 2.75) is 77.2 Å². The van der Waals surface area contributed by atoms with E-state index in [1.165, 1.54) is 25.7 Å². The van der Waals surface area contributed by atoms with Crippen LogP contribution in [0.15, 0.2) is 0 Å². The Morgan fingerprint density at radius 1 is 1.14 bits per heavy atom. The number of rotatable bonds is 6. The summed E-state index contributed by atoms with van der Waals surface area (Å²) < 4.78 is 0. The fourth-order valence-electron chi connectivity index (χ4n) is 4.07. The molecule has 120 valence electrons. The smallest absolute Gasteiger partial charge is 0.326 e. The van der Waals surface area contributed by atoms with Crippen LogP contribution in [0.2, 0.25) is 0 Å². The van der Waals surface area contributed by atoms with Crippen molar-refractivity contribution in [3.05, 3.63) is 0 Å². The van der Waals surface area contributed by atoms with Gasteiger partial charge in [0.15, 0.2) is 0 Å². The molecule has 2 N–H and O–H groups in total. The monoisotopic (exact) mass is 295 g/mol. The Bertz CT molecular complexity index is 369. The number of unbranched alkanes of at least 4 members (excludes halogenated alkanes) is 1. The summed E-state index contributed by atoms with van der Waals surface area (Å²) in [6, 6.07) is -0.707. The molecule has 2 rings (SSSR count). The molecule has 0 radical (unpaired) electrons. The van der Waals surface area contributed by atoms with Crippen LogP contribution in [-0.2, 0) is 9.59 Å². The molecule has 0 bridgehead atoms. The van der Waals surface area contributed by atoms with Crippen molar-refractivity contribution in [3.8, 4) is 0 Å². The van der Waals surface area contributed by atoms with Gasteiger partial charge in [0.25, 0.3) is 0 Å². The Balaban J connectivity index is 1.85. The molecule has 4 unspecified atom stereocenters. The average molecular weight is 295 g/mol. The number of aliphatic carboxylic acids is 1. The zero-order chi connectivity index (χ0) is 15.2. The highest BCUT2D eigenvalue weighted by Crippen LogP contribution is 2.42. The molecular formula is C17H29NO3. The van der Waals surface area contributed by atoms with Crippen LogP contribution in [0.25, 0.3) is 0 Å². The van der Waals surface area contributed by atoms with Crippen LogP contribution in [0.3, 0.4) is 0 Å².